The molecule has 0 saturated carbocycles. The Morgan fingerprint density at radius 2 is 1.44 bits per heavy atom. The Hall–Kier alpha value is -1.51. The molecule has 25 heavy (non-hydrogen) atoms. The van der Waals surface area contributed by atoms with Crippen LogP contribution in [0.15, 0.2) is 24.3 Å². The lowest BCUT2D eigenvalue weighted by atomic mass is 10.0. The fraction of sp³-hybridized carbons (Fsp3) is 0.682. The van der Waals surface area contributed by atoms with Gasteiger partial charge in [0.25, 0.3) is 0 Å². The molecule has 0 saturated heterocycles. The number of ether oxygens (including phenoxy) is 2. The van der Waals surface area contributed by atoms with Crippen LogP contribution in [0, 0.1) is 0 Å². The highest BCUT2D eigenvalue weighted by Crippen LogP contribution is 2.15. The van der Waals surface area contributed by atoms with E-state index in [1.165, 1.54) is 44.1 Å². The third kappa shape index (κ3) is 11.6. The monoisotopic (exact) mass is 348 g/mol. The number of unbranched alkanes of at least 4 members (excludes halogenated alkanes) is 7. The molecule has 0 spiro atoms. The van der Waals surface area contributed by atoms with E-state index in [9.17, 15) is 4.79 Å². The van der Waals surface area contributed by atoms with Gasteiger partial charge in [0, 0.05) is 6.42 Å². The molecule has 0 fully saturated rings. The van der Waals surface area contributed by atoms with Crippen LogP contribution in [-0.4, -0.2) is 19.2 Å². The van der Waals surface area contributed by atoms with E-state index in [-0.39, 0.29) is 5.97 Å². The summed E-state index contributed by atoms with van der Waals surface area (Å²) in [7, 11) is 0. The minimum absolute atomic E-state index is 0.119. The Bertz CT molecular complexity index is 439. The molecular formula is C22H36O3. The van der Waals surface area contributed by atoms with Crippen molar-refractivity contribution in [3.63, 3.8) is 0 Å². The first-order valence-electron chi connectivity index (χ1n) is 10.1. The summed E-state index contributed by atoms with van der Waals surface area (Å²) in [6.45, 7) is 5.11. The molecule has 0 aliphatic rings. The SMILES string of the molecule is CCCCCCCCc1ccc(OCCOC(=O)CCCCC)cc1. The molecule has 1 aromatic rings. The van der Waals surface area contributed by atoms with Crippen LogP contribution < -0.4 is 4.74 Å². The molecule has 0 unspecified atom stereocenters. The molecule has 0 radical (unpaired) electrons. The van der Waals surface area contributed by atoms with Crippen molar-refractivity contribution in [1.29, 1.82) is 0 Å². The zero-order chi connectivity index (χ0) is 18.2. The second-order valence-electron chi connectivity index (χ2n) is 6.69. The number of aryl methyl sites for hydroxylation is 1. The lowest BCUT2D eigenvalue weighted by molar-refractivity contribution is -0.144. The Kier molecular flexibility index (Phi) is 12.7. The van der Waals surface area contributed by atoms with Crippen molar-refractivity contribution in [1.82, 2.24) is 0 Å². The van der Waals surface area contributed by atoms with Crippen LogP contribution in [0.5, 0.6) is 5.75 Å². The van der Waals surface area contributed by atoms with Crippen LogP contribution in [-0.2, 0) is 16.0 Å². The molecule has 0 aliphatic heterocycles. The molecular weight excluding hydrogens is 312 g/mol. The first kappa shape index (κ1) is 21.5. The van der Waals surface area contributed by atoms with Gasteiger partial charge in [-0.3, -0.25) is 4.79 Å². The first-order valence-corrected chi connectivity index (χ1v) is 10.1. The summed E-state index contributed by atoms with van der Waals surface area (Å²) < 4.78 is 10.8. The minimum Gasteiger partial charge on any atom is -0.490 e. The van der Waals surface area contributed by atoms with E-state index in [1.807, 2.05) is 12.1 Å². The van der Waals surface area contributed by atoms with Crippen molar-refractivity contribution >= 4 is 5.97 Å². The van der Waals surface area contributed by atoms with Crippen molar-refractivity contribution in [2.24, 2.45) is 0 Å². The summed E-state index contributed by atoms with van der Waals surface area (Å²) in [5, 5.41) is 0. The van der Waals surface area contributed by atoms with Gasteiger partial charge in [0.1, 0.15) is 19.0 Å². The third-order valence-corrected chi connectivity index (χ3v) is 4.34. The van der Waals surface area contributed by atoms with Crippen LogP contribution in [0.4, 0.5) is 0 Å². The van der Waals surface area contributed by atoms with E-state index < -0.39 is 0 Å². The highest BCUT2D eigenvalue weighted by Gasteiger charge is 2.02. The molecule has 0 aliphatic carbocycles. The molecule has 0 amide bonds. The van der Waals surface area contributed by atoms with Crippen LogP contribution in [0.1, 0.15) is 83.6 Å². The van der Waals surface area contributed by atoms with Crippen molar-refractivity contribution in [2.45, 2.75) is 84.5 Å². The molecule has 0 heterocycles. The van der Waals surface area contributed by atoms with Gasteiger partial charge in [-0.05, 0) is 37.0 Å². The fourth-order valence-corrected chi connectivity index (χ4v) is 2.77. The molecule has 0 N–H and O–H groups in total. The predicted octanol–water partition coefficient (Wildman–Crippen LogP) is 6.09. The van der Waals surface area contributed by atoms with E-state index in [4.69, 9.17) is 9.47 Å². The van der Waals surface area contributed by atoms with Gasteiger partial charge in [0.2, 0.25) is 0 Å². The fourth-order valence-electron chi connectivity index (χ4n) is 2.77. The zero-order valence-electron chi connectivity index (χ0n) is 16.2. The number of rotatable bonds is 15. The first-order chi connectivity index (χ1) is 12.3. The summed E-state index contributed by atoms with van der Waals surface area (Å²) in [5.41, 5.74) is 1.37. The van der Waals surface area contributed by atoms with Gasteiger partial charge in [0.15, 0.2) is 0 Å². The molecule has 0 atom stereocenters. The maximum atomic E-state index is 11.5. The third-order valence-electron chi connectivity index (χ3n) is 4.34. The number of benzene rings is 1. The second-order valence-corrected chi connectivity index (χ2v) is 6.69. The summed E-state index contributed by atoms with van der Waals surface area (Å²) in [5.74, 6) is 0.722. The predicted molar refractivity (Wildman–Crippen MR) is 104 cm³/mol. The van der Waals surface area contributed by atoms with Crippen molar-refractivity contribution < 1.29 is 14.3 Å². The van der Waals surface area contributed by atoms with E-state index in [1.54, 1.807) is 0 Å². The van der Waals surface area contributed by atoms with E-state index in [2.05, 4.69) is 26.0 Å². The number of hydrogen-bond acceptors (Lipinski definition) is 3. The van der Waals surface area contributed by atoms with Gasteiger partial charge >= 0.3 is 5.97 Å². The van der Waals surface area contributed by atoms with E-state index in [0.29, 0.717) is 19.6 Å². The summed E-state index contributed by atoms with van der Waals surface area (Å²) in [4.78, 5) is 11.5. The van der Waals surface area contributed by atoms with E-state index in [0.717, 1.165) is 31.4 Å². The summed E-state index contributed by atoms with van der Waals surface area (Å²) in [6.07, 6.45) is 12.7. The second kappa shape index (κ2) is 14.8. The molecule has 142 valence electrons. The summed E-state index contributed by atoms with van der Waals surface area (Å²) >= 11 is 0. The van der Waals surface area contributed by atoms with Crippen LogP contribution in [0.2, 0.25) is 0 Å². The molecule has 3 heteroatoms. The quantitative estimate of drug-likeness (QED) is 0.284. The minimum atomic E-state index is -0.119. The van der Waals surface area contributed by atoms with Crippen molar-refractivity contribution in [3.05, 3.63) is 29.8 Å². The Morgan fingerprint density at radius 3 is 2.16 bits per heavy atom. The van der Waals surface area contributed by atoms with Gasteiger partial charge in [-0.1, -0.05) is 70.9 Å². The number of hydrogen-bond donors (Lipinski definition) is 0. The van der Waals surface area contributed by atoms with Crippen LogP contribution >= 0.6 is 0 Å². The molecule has 1 rings (SSSR count). The number of carbonyl (C=O) groups is 1. The Morgan fingerprint density at radius 1 is 0.800 bits per heavy atom. The van der Waals surface area contributed by atoms with E-state index >= 15 is 0 Å². The van der Waals surface area contributed by atoms with Gasteiger partial charge in [-0.25, -0.2) is 0 Å². The van der Waals surface area contributed by atoms with Gasteiger partial charge < -0.3 is 9.47 Å². The number of carbonyl (C=O) groups excluding carboxylic acids is 1. The van der Waals surface area contributed by atoms with Gasteiger partial charge in [-0.2, -0.15) is 0 Å². The maximum absolute atomic E-state index is 11.5. The lowest BCUT2D eigenvalue weighted by Gasteiger charge is -2.08. The van der Waals surface area contributed by atoms with Crippen LogP contribution in [0.25, 0.3) is 0 Å². The van der Waals surface area contributed by atoms with Crippen molar-refractivity contribution in [2.75, 3.05) is 13.2 Å². The maximum Gasteiger partial charge on any atom is 0.305 e. The standard InChI is InChI=1S/C22H36O3/c1-3-5-7-8-9-11-12-20-14-16-21(17-15-20)24-18-19-25-22(23)13-10-6-4-2/h14-17H,3-13,18-19H2,1-2H3. The van der Waals surface area contributed by atoms with Crippen LogP contribution in [0.3, 0.4) is 0 Å². The number of esters is 1. The zero-order valence-corrected chi connectivity index (χ0v) is 16.2. The lowest BCUT2D eigenvalue weighted by Crippen LogP contribution is -2.12. The van der Waals surface area contributed by atoms with Crippen molar-refractivity contribution in [3.8, 4) is 5.75 Å². The smallest absolute Gasteiger partial charge is 0.305 e. The largest absolute Gasteiger partial charge is 0.490 e. The van der Waals surface area contributed by atoms with Gasteiger partial charge in [-0.15, -0.1) is 0 Å². The topological polar surface area (TPSA) is 35.5 Å². The highest BCUT2D eigenvalue weighted by atomic mass is 16.6. The Balaban J connectivity index is 2.08. The molecule has 1 aromatic carbocycles. The molecule has 0 bridgehead atoms. The molecule has 0 aromatic heterocycles. The molecule has 3 nitrogen and oxygen atoms in total. The average molecular weight is 349 g/mol. The highest BCUT2D eigenvalue weighted by molar-refractivity contribution is 5.69. The average Bonchev–Trinajstić information content (AvgIpc) is 2.63. The summed E-state index contributed by atoms with van der Waals surface area (Å²) in [6, 6.07) is 8.29. The Labute approximate surface area is 154 Å². The normalized spacial score (nSPS) is 10.6. The van der Waals surface area contributed by atoms with Gasteiger partial charge in [0.05, 0.1) is 0 Å².